The predicted octanol–water partition coefficient (Wildman–Crippen LogP) is 1.63. The van der Waals surface area contributed by atoms with Gasteiger partial charge in [-0.1, -0.05) is 13.8 Å². The molecule has 76 valence electrons. The van der Waals surface area contributed by atoms with Crippen LogP contribution in [0, 0.1) is 5.92 Å². The van der Waals surface area contributed by atoms with Crippen LogP contribution in [0.5, 0.6) is 0 Å². The smallest absolute Gasteiger partial charge is 0.168 e. The van der Waals surface area contributed by atoms with Crippen LogP contribution >= 0.6 is 0 Å². The minimum absolute atomic E-state index is 0.158. The van der Waals surface area contributed by atoms with Crippen molar-refractivity contribution in [2.45, 2.75) is 20.0 Å². The number of aldehydes is 1. The van der Waals surface area contributed by atoms with Gasteiger partial charge >= 0.3 is 0 Å². The highest BCUT2D eigenvalue weighted by Gasteiger charge is 2.17. The lowest BCUT2D eigenvalue weighted by atomic mass is 10.1. The van der Waals surface area contributed by atoms with E-state index in [-0.39, 0.29) is 12.0 Å². The molecule has 0 fully saturated rings. The Morgan fingerprint density at radius 3 is 2.71 bits per heavy atom. The minimum Gasteiger partial charge on any atom is -0.373 e. The molecule has 0 radical (unpaired) electrons. The third-order valence-electron chi connectivity index (χ3n) is 1.93. The zero-order valence-corrected chi connectivity index (χ0v) is 8.60. The van der Waals surface area contributed by atoms with Crippen molar-refractivity contribution in [2.75, 3.05) is 7.11 Å². The second-order valence-electron chi connectivity index (χ2n) is 3.36. The molecule has 1 heterocycles. The Labute approximate surface area is 83.3 Å². The maximum Gasteiger partial charge on any atom is 0.168 e. The highest BCUT2D eigenvalue weighted by atomic mass is 16.5. The fourth-order valence-corrected chi connectivity index (χ4v) is 1.27. The van der Waals surface area contributed by atoms with E-state index in [1.807, 2.05) is 13.8 Å². The van der Waals surface area contributed by atoms with Crippen molar-refractivity contribution < 1.29 is 9.53 Å². The topological polar surface area (TPSA) is 52.1 Å². The SMILES string of the molecule is COC(c1nccc(C=O)n1)C(C)C. The third-order valence-corrected chi connectivity index (χ3v) is 1.93. The second kappa shape index (κ2) is 4.81. The Morgan fingerprint density at radius 1 is 1.50 bits per heavy atom. The minimum atomic E-state index is -0.158. The number of carbonyl (C=O) groups is 1. The summed E-state index contributed by atoms with van der Waals surface area (Å²) in [5.41, 5.74) is 0.387. The number of rotatable bonds is 4. The van der Waals surface area contributed by atoms with Crippen LogP contribution in [0.15, 0.2) is 12.3 Å². The van der Waals surface area contributed by atoms with E-state index >= 15 is 0 Å². The standard InChI is InChI=1S/C10H14N2O2/c1-7(2)9(14-3)10-11-5-4-8(6-13)12-10/h4-7,9H,1-3H3. The molecule has 0 aliphatic heterocycles. The predicted molar refractivity (Wildman–Crippen MR) is 52.0 cm³/mol. The number of nitrogens with zero attached hydrogens (tertiary/aromatic N) is 2. The number of carbonyl (C=O) groups excluding carboxylic acids is 1. The fraction of sp³-hybridized carbons (Fsp3) is 0.500. The summed E-state index contributed by atoms with van der Waals surface area (Å²) in [6.07, 6.45) is 2.12. The Kier molecular flexibility index (Phi) is 3.71. The van der Waals surface area contributed by atoms with Gasteiger partial charge in [0.15, 0.2) is 12.1 Å². The molecule has 0 aliphatic rings. The molecule has 1 rings (SSSR count). The van der Waals surface area contributed by atoms with Crippen molar-refractivity contribution >= 4 is 6.29 Å². The Bertz CT molecular complexity index is 313. The van der Waals surface area contributed by atoms with Gasteiger partial charge in [0.05, 0.1) is 0 Å². The van der Waals surface area contributed by atoms with Crippen LogP contribution in [0.4, 0.5) is 0 Å². The summed E-state index contributed by atoms with van der Waals surface area (Å²) in [4.78, 5) is 18.7. The molecule has 0 N–H and O–H groups in total. The van der Waals surface area contributed by atoms with E-state index in [0.29, 0.717) is 17.8 Å². The Morgan fingerprint density at radius 2 is 2.21 bits per heavy atom. The molecule has 4 heteroatoms. The summed E-state index contributed by atoms with van der Waals surface area (Å²) in [5, 5.41) is 0. The van der Waals surface area contributed by atoms with Gasteiger partial charge in [0, 0.05) is 13.3 Å². The van der Waals surface area contributed by atoms with Gasteiger partial charge in [0.2, 0.25) is 0 Å². The quantitative estimate of drug-likeness (QED) is 0.683. The molecule has 0 spiro atoms. The summed E-state index contributed by atoms with van der Waals surface area (Å²) in [5.74, 6) is 0.842. The van der Waals surface area contributed by atoms with Gasteiger partial charge in [0.25, 0.3) is 0 Å². The van der Waals surface area contributed by atoms with Crippen LogP contribution in [0.1, 0.15) is 36.3 Å². The number of methoxy groups -OCH3 is 1. The highest BCUT2D eigenvalue weighted by Crippen LogP contribution is 2.21. The molecular formula is C10H14N2O2. The van der Waals surface area contributed by atoms with Gasteiger partial charge in [0.1, 0.15) is 11.8 Å². The zero-order chi connectivity index (χ0) is 10.6. The van der Waals surface area contributed by atoms with Crippen LogP contribution in [0.3, 0.4) is 0 Å². The monoisotopic (exact) mass is 194 g/mol. The molecule has 0 aliphatic carbocycles. The number of ether oxygens (including phenoxy) is 1. The van der Waals surface area contributed by atoms with Crippen LogP contribution in [0.2, 0.25) is 0 Å². The van der Waals surface area contributed by atoms with Crippen molar-refractivity contribution in [3.8, 4) is 0 Å². The summed E-state index contributed by atoms with van der Waals surface area (Å²) in [7, 11) is 1.61. The van der Waals surface area contributed by atoms with Crippen molar-refractivity contribution in [1.29, 1.82) is 0 Å². The summed E-state index contributed by atoms with van der Waals surface area (Å²) in [6.45, 7) is 4.04. The largest absolute Gasteiger partial charge is 0.373 e. The molecule has 1 unspecified atom stereocenters. The molecule has 0 bridgehead atoms. The normalized spacial score (nSPS) is 12.9. The maximum absolute atomic E-state index is 10.5. The molecule has 0 aromatic carbocycles. The molecule has 1 aromatic heterocycles. The Hall–Kier alpha value is -1.29. The molecule has 0 amide bonds. The first kappa shape index (κ1) is 10.8. The molecule has 0 saturated carbocycles. The average molecular weight is 194 g/mol. The van der Waals surface area contributed by atoms with Gasteiger partial charge in [-0.05, 0) is 12.0 Å². The van der Waals surface area contributed by atoms with Crippen molar-refractivity contribution in [2.24, 2.45) is 5.92 Å². The van der Waals surface area contributed by atoms with E-state index in [0.717, 1.165) is 0 Å². The molecule has 0 saturated heterocycles. The van der Waals surface area contributed by atoms with Gasteiger partial charge in [-0.2, -0.15) is 0 Å². The second-order valence-corrected chi connectivity index (χ2v) is 3.36. The lowest BCUT2D eigenvalue weighted by Gasteiger charge is -2.17. The third kappa shape index (κ3) is 2.35. The molecule has 1 atom stereocenters. The van der Waals surface area contributed by atoms with Crippen molar-refractivity contribution in [1.82, 2.24) is 9.97 Å². The molecule has 1 aromatic rings. The Balaban J connectivity index is 2.97. The zero-order valence-electron chi connectivity index (χ0n) is 8.60. The highest BCUT2D eigenvalue weighted by molar-refractivity contribution is 5.71. The lowest BCUT2D eigenvalue weighted by Crippen LogP contribution is -2.13. The van der Waals surface area contributed by atoms with E-state index in [1.165, 1.54) is 0 Å². The molecular weight excluding hydrogens is 180 g/mol. The summed E-state index contributed by atoms with van der Waals surface area (Å²) in [6, 6.07) is 1.57. The van der Waals surface area contributed by atoms with E-state index in [4.69, 9.17) is 4.74 Å². The van der Waals surface area contributed by atoms with E-state index in [9.17, 15) is 4.79 Å². The van der Waals surface area contributed by atoms with Crippen molar-refractivity contribution in [3.05, 3.63) is 23.8 Å². The maximum atomic E-state index is 10.5. The fourth-order valence-electron chi connectivity index (χ4n) is 1.27. The van der Waals surface area contributed by atoms with Crippen LogP contribution < -0.4 is 0 Å². The first-order chi connectivity index (χ1) is 6.69. The number of hydrogen-bond donors (Lipinski definition) is 0. The van der Waals surface area contributed by atoms with Gasteiger partial charge in [-0.3, -0.25) is 4.79 Å². The number of aromatic nitrogens is 2. The van der Waals surface area contributed by atoms with Crippen LogP contribution in [-0.4, -0.2) is 23.4 Å². The van der Waals surface area contributed by atoms with E-state index < -0.39 is 0 Å². The van der Waals surface area contributed by atoms with Gasteiger partial charge < -0.3 is 4.74 Å². The van der Waals surface area contributed by atoms with E-state index in [1.54, 1.807) is 19.4 Å². The van der Waals surface area contributed by atoms with E-state index in [2.05, 4.69) is 9.97 Å². The first-order valence-electron chi connectivity index (χ1n) is 4.50. The number of hydrogen-bond acceptors (Lipinski definition) is 4. The lowest BCUT2D eigenvalue weighted by molar-refractivity contribution is 0.0572. The molecule has 14 heavy (non-hydrogen) atoms. The van der Waals surface area contributed by atoms with Crippen LogP contribution in [-0.2, 0) is 4.74 Å². The summed E-state index contributed by atoms with van der Waals surface area (Å²) >= 11 is 0. The van der Waals surface area contributed by atoms with Gasteiger partial charge in [-0.15, -0.1) is 0 Å². The van der Waals surface area contributed by atoms with Crippen LogP contribution in [0.25, 0.3) is 0 Å². The van der Waals surface area contributed by atoms with Crippen molar-refractivity contribution in [3.63, 3.8) is 0 Å². The first-order valence-corrected chi connectivity index (χ1v) is 4.50. The summed E-state index contributed by atoms with van der Waals surface area (Å²) < 4.78 is 5.26. The average Bonchev–Trinajstić information content (AvgIpc) is 2.19. The molecule has 4 nitrogen and oxygen atoms in total. The van der Waals surface area contributed by atoms with Gasteiger partial charge in [-0.25, -0.2) is 9.97 Å².